The monoisotopic (exact) mass is 441 g/mol. The van der Waals surface area contributed by atoms with Crippen LogP contribution in [0.5, 0.6) is 0 Å². The van der Waals surface area contributed by atoms with Crippen LogP contribution in [-0.2, 0) is 29.6 Å². The van der Waals surface area contributed by atoms with E-state index < -0.39 is 0 Å². The van der Waals surface area contributed by atoms with Crippen molar-refractivity contribution in [2.45, 2.75) is 13.0 Å². The van der Waals surface area contributed by atoms with Gasteiger partial charge < -0.3 is 9.30 Å². The van der Waals surface area contributed by atoms with Crippen LogP contribution < -0.4 is 0 Å². The Morgan fingerprint density at radius 3 is 2.81 bits per heavy atom. The number of nitrogens with zero attached hydrogens (tertiary/aromatic N) is 3. The van der Waals surface area contributed by atoms with Gasteiger partial charge in [0.2, 0.25) is 0 Å². The lowest BCUT2D eigenvalue weighted by Gasteiger charge is -2.06. The Morgan fingerprint density at radius 1 is 1.19 bits per heavy atom. The van der Waals surface area contributed by atoms with E-state index in [0.717, 1.165) is 31.5 Å². The fourth-order valence-electron chi connectivity index (χ4n) is 2.87. The highest BCUT2D eigenvalue weighted by Gasteiger charge is 2.14. The number of halogens is 1. The summed E-state index contributed by atoms with van der Waals surface area (Å²) in [5, 5.41) is 11.5. The minimum absolute atomic E-state index is 0.0981. The first-order valence-electron chi connectivity index (χ1n) is 8.37. The largest absolute Gasteiger partial charge is 0.457 e. The highest BCUT2D eigenvalue weighted by molar-refractivity contribution is 9.10. The van der Waals surface area contributed by atoms with Gasteiger partial charge in [0.1, 0.15) is 0 Å². The van der Waals surface area contributed by atoms with Crippen LogP contribution in [-0.4, -0.2) is 20.7 Å². The molecular formula is C20H16BrN3O2S. The van der Waals surface area contributed by atoms with E-state index in [9.17, 15) is 4.79 Å². The minimum Gasteiger partial charge on any atom is -0.457 e. The lowest BCUT2D eigenvalue weighted by Crippen LogP contribution is -2.10. The average Bonchev–Trinajstić information content (AvgIpc) is 3.24. The number of ether oxygens (including phenoxy) is 1. The lowest BCUT2D eigenvalue weighted by atomic mass is 10.1. The van der Waals surface area contributed by atoms with Crippen LogP contribution in [0.1, 0.15) is 11.4 Å². The number of fused-ring (bicyclic) bond motifs is 1. The number of hydrogen-bond acceptors (Lipinski definition) is 5. The van der Waals surface area contributed by atoms with Crippen LogP contribution in [0.15, 0.2) is 58.4 Å². The zero-order chi connectivity index (χ0) is 18.8. The number of carbonyl (C=O) groups excluding carboxylic acids is 1. The van der Waals surface area contributed by atoms with Gasteiger partial charge in [-0.2, -0.15) is 0 Å². The highest BCUT2D eigenvalue weighted by atomic mass is 79.9. The van der Waals surface area contributed by atoms with E-state index in [1.165, 1.54) is 0 Å². The van der Waals surface area contributed by atoms with E-state index in [2.05, 4.69) is 26.1 Å². The van der Waals surface area contributed by atoms with Gasteiger partial charge in [-0.3, -0.25) is 4.79 Å². The molecule has 4 aromatic rings. The molecule has 0 atom stereocenters. The van der Waals surface area contributed by atoms with Gasteiger partial charge in [-0.15, -0.1) is 21.5 Å². The van der Waals surface area contributed by atoms with Crippen molar-refractivity contribution < 1.29 is 9.53 Å². The number of thiophene rings is 1. The maximum Gasteiger partial charge on any atom is 0.310 e. The number of carbonyl (C=O) groups is 1. The van der Waals surface area contributed by atoms with Crippen LogP contribution in [0, 0.1) is 0 Å². The molecule has 0 spiro atoms. The maximum atomic E-state index is 12.3. The number of rotatable bonds is 5. The Kier molecular flexibility index (Phi) is 5.05. The second kappa shape index (κ2) is 7.62. The van der Waals surface area contributed by atoms with E-state index in [-0.39, 0.29) is 19.0 Å². The Morgan fingerprint density at radius 2 is 2.00 bits per heavy atom. The molecular weight excluding hydrogens is 426 g/mol. The van der Waals surface area contributed by atoms with Crippen LogP contribution in [0.3, 0.4) is 0 Å². The van der Waals surface area contributed by atoms with Gasteiger partial charge in [0.25, 0.3) is 0 Å². The topological polar surface area (TPSA) is 57.0 Å². The van der Waals surface area contributed by atoms with Gasteiger partial charge in [-0.25, -0.2) is 0 Å². The fraction of sp³-hybridized carbons (Fsp3) is 0.150. The van der Waals surface area contributed by atoms with E-state index in [0.29, 0.717) is 5.82 Å². The van der Waals surface area contributed by atoms with Crippen LogP contribution in [0.4, 0.5) is 0 Å². The molecule has 0 unspecified atom stereocenters. The molecule has 0 fully saturated rings. The molecule has 7 heteroatoms. The summed E-state index contributed by atoms with van der Waals surface area (Å²) in [5.41, 5.74) is 1.95. The van der Waals surface area contributed by atoms with Gasteiger partial charge in [0.15, 0.2) is 18.3 Å². The van der Waals surface area contributed by atoms with Gasteiger partial charge in [-0.05, 0) is 34.5 Å². The molecule has 0 saturated heterocycles. The zero-order valence-corrected chi connectivity index (χ0v) is 17.0. The summed E-state index contributed by atoms with van der Waals surface area (Å²) < 4.78 is 9.44. The standard InChI is InChI=1S/C20H16BrN3O2S/c1-24-18(22-23-20(24)13-5-3-2-4-6-13)11-26-19(25)9-14-12-27-17-8-7-15(21)10-16(14)17/h2-8,10,12H,9,11H2,1H3. The van der Waals surface area contributed by atoms with Crippen molar-refractivity contribution in [2.24, 2.45) is 7.05 Å². The first-order valence-corrected chi connectivity index (χ1v) is 10.0. The molecule has 0 saturated carbocycles. The summed E-state index contributed by atoms with van der Waals surface area (Å²) in [5.74, 6) is 1.08. The summed E-state index contributed by atoms with van der Waals surface area (Å²) in [4.78, 5) is 12.3. The molecule has 0 aliphatic rings. The molecule has 136 valence electrons. The summed E-state index contributed by atoms with van der Waals surface area (Å²) in [6.45, 7) is 0.0981. The van der Waals surface area contributed by atoms with Gasteiger partial charge in [0, 0.05) is 21.8 Å². The van der Waals surface area contributed by atoms with E-state index >= 15 is 0 Å². The molecule has 2 aromatic carbocycles. The number of esters is 1. The van der Waals surface area contributed by atoms with E-state index in [1.807, 2.05) is 65.5 Å². The molecule has 0 aliphatic heterocycles. The van der Waals surface area contributed by atoms with Gasteiger partial charge >= 0.3 is 5.97 Å². The highest BCUT2D eigenvalue weighted by Crippen LogP contribution is 2.29. The summed E-state index contributed by atoms with van der Waals surface area (Å²) in [6.07, 6.45) is 0.236. The molecule has 2 aromatic heterocycles. The minimum atomic E-state index is -0.279. The van der Waals surface area contributed by atoms with Gasteiger partial charge in [-0.1, -0.05) is 46.3 Å². The number of hydrogen-bond donors (Lipinski definition) is 0. The summed E-state index contributed by atoms with van der Waals surface area (Å²) in [6, 6.07) is 15.9. The first-order chi connectivity index (χ1) is 13.1. The van der Waals surface area contributed by atoms with Crippen LogP contribution in [0.2, 0.25) is 0 Å². The van der Waals surface area contributed by atoms with Gasteiger partial charge in [0.05, 0.1) is 6.42 Å². The molecule has 0 radical (unpaired) electrons. The summed E-state index contributed by atoms with van der Waals surface area (Å²) >= 11 is 5.11. The van der Waals surface area contributed by atoms with Crippen molar-refractivity contribution in [3.05, 3.63) is 69.8 Å². The van der Waals surface area contributed by atoms with Crippen molar-refractivity contribution in [3.63, 3.8) is 0 Å². The van der Waals surface area contributed by atoms with Crippen molar-refractivity contribution in [2.75, 3.05) is 0 Å². The third-order valence-corrected chi connectivity index (χ3v) is 5.82. The Labute approximate surface area is 168 Å². The van der Waals surface area contributed by atoms with Crippen LogP contribution in [0.25, 0.3) is 21.5 Å². The van der Waals surface area contributed by atoms with Crippen molar-refractivity contribution >= 4 is 43.3 Å². The molecule has 0 amide bonds. The predicted octanol–water partition coefficient (Wildman–Crippen LogP) is 4.75. The number of benzene rings is 2. The molecule has 4 rings (SSSR count). The molecule has 0 N–H and O–H groups in total. The quantitative estimate of drug-likeness (QED) is 0.419. The first kappa shape index (κ1) is 17.9. The molecule has 0 bridgehead atoms. The Bertz CT molecular complexity index is 1110. The SMILES string of the molecule is Cn1c(COC(=O)Cc2csc3ccc(Br)cc23)nnc1-c1ccccc1. The van der Waals surface area contributed by atoms with E-state index in [4.69, 9.17) is 4.74 Å². The predicted molar refractivity (Wildman–Crippen MR) is 109 cm³/mol. The molecule has 0 aliphatic carbocycles. The van der Waals surface area contributed by atoms with Crippen molar-refractivity contribution in [3.8, 4) is 11.4 Å². The summed E-state index contributed by atoms with van der Waals surface area (Å²) in [7, 11) is 1.87. The van der Waals surface area contributed by atoms with E-state index in [1.54, 1.807) is 11.3 Å². The Balaban J connectivity index is 1.44. The second-order valence-electron chi connectivity index (χ2n) is 6.10. The normalized spacial score (nSPS) is 11.0. The smallest absolute Gasteiger partial charge is 0.310 e. The van der Waals surface area contributed by atoms with Crippen LogP contribution >= 0.6 is 27.3 Å². The third-order valence-electron chi connectivity index (χ3n) is 4.31. The van der Waals surface area contributed by atoms with Crippen molar-refractivity contribution in [1.29, 1.82) is 0 Å². The second-order valence-corrected chi connectivity index (χ2v) is 7.93. The zero-order valence-electron chi connectivity index (χ0n) is 14.6. The number of aromatic nitrogens is 3. The Hall–Kier alpha value is -2.51. The molecule has 5 nitrogen and oxygen atoms in total. The fourth-order valence-corrected chi connectivity index (χ4v) is 4.17. The average molecular weight is 442 g/mol. The maximum absolute atomic E-state index is 12.3. The van der Waals surface area contributed by atoms with Crippen molar-refractivity contribution in [1.82, 2.24) is 14.8 Å². The molecule has 27 heavy (non-hydrogen) atoms. The third kappa shape index (κ3) is 3.79. The molecule has 2 heterocycles. The lowest BCUT2D eigenvalue weighted by molar-refractivity contribution is -0.144.